The van der Waals surface area contributed by atoms with Gasteiger partial charge in [-0.05, 0) is 17.5 Å². The van der Waals surface area contributed by atoms with Crippen molar-refractivity contribution in [2.75, 3.05) is 6.61 Å². The molecule has 0 N–H and O–H groups in total. The van der Waals surface area contributed by atoms with Gasteiger partial charge < -0.3 is 4.74 Å². The van der Waals surface area contributed by atoms with Gasteiger partial charge in [0.1, 0.15) is 0 Å². The quantitative estimate of drug-likeness (QED) is 0.545. The fourth-order valence-corrected chi connectivity index (χ4v) is 2.23. The van der Waals surface area contributed by atoms with Crippen molar-refractivity contribution >= 4 is 0 Å². The fourth-order valence-electron chi connectivity index (χ4n) is 2.23. The molecule has 0 spiro atoms. The Bertz CT molecular complexity index is 264. The molecule has 2 aliphatic rings. The molecule has 0 saturated carbocycles. The molecule has 0 radical (unpaired) electrons. The Morgan fingerprint density at radius 3 is 2.91 bits per heavy atom. The number of rotatable bonds is 0. The summed E-state index contributed by atoms with van der Waals surface area (Å²) in [5, 5.41) is 0. The summed E-state index contributed by atoms with van der Waals surface area (Å²) in [6, 6.07) is 8.62. The lowest BCUT2D eigenvalue weighted by molar-refractivity contribution is 0.0884. The van der Waals surface area contributed by atoms with Gasteiger partial charge in [0, 0.05) is 12.5 Å². The first-order chi connectivity index (χ1) is 5.47. The molecule has 11 heavy (non-hydrogen) atoms. The normalized spacial score (nSPS) is 32.4. The van der Waals surface area contributed by atoms with Gasteiger partial charge in [0.2, 0.25) is 0 Å². The van der Waals surface area contributed by atoms with Gasteiger partial charge in [-0.1, -0.05) is 24.3 Å². The molecule has 1 aromatic carbocycles. The van der Waals surface area contributed by atoms with Crippen LogP contribution in [0.1, 0.15) is 29.6 Å². The predicted octanol–water partition coefficient (Wildman–Crippen LogP) is 2.25. The largest absolute Gasteiger partial charge is 0.373 e. The van der Waals surface area contributed by atoms with Crippen LogP contribution in [0.2, 0.25) is 0 Å². The zero-order valence-corrected chi connectivity index (χ0v) is 6.29. The van der Waals surface area contributed by atoms with E-state index in [9.17, 15) is 0 Å². The maximum atomic E-state index is 5.58. The summed E-state index contributed by atoms with van der Waals surface area (Å²) in [5.74, 6) is 0.728. The van der Waals surface area contributed by atoms with Crippen molar-refractivity contribution in [1.82, 2.24) is 0 Å². The molecular weight excluding hydrogens is 136 g/mol. The van der Waals surface area contributed by atoms with Gasteiger partial charge in [-0.2, -0.15) is 0 Å². The Morgan fingerprint density at radius 2 is 2.00 bits per heavy atom. The molecular formula is C10H10O. The van der Waals surface area contributed by atoms with Gasteiger partial charge in [-0.15, -0.1) is 0 Å². The predicted molar refractivity (Wildman–Crippen MR) is 42.5 cm³/mol. The highest BCUT2D eigenvalue weighted by Gasteiger charge is 2.41. The zero-order chi connectivity index (χ0) is 7.26. The minimum atomic E-state index is 0.450. The molecule has 1 aliphatic carbocycles. The number of fused-ring (bicyclic) bond motifs is 4. The smallest absolute Gasteiger partial charge is 0.0897 e. The summed E-state index contributed by atoms with van der Waals surface area (Å²) in [7, 11) is 0. The second-order valence-corrected chi connectivity index (χ2v) is 3.32. The molecule has 1 nitrogen and oxygen atoms in total. The van der Waals surface area contributed by atoms with E-state index in [1.807, 2.05) is 0 Å². The van der Waals surface area contributed by atoms with Crippen molar-refractivity contribution in [1.29, 1.82) is 0 Å². The molecule has 1 heteroatoms. The molecule has 0 amide bonds. The van der Waals surface area contributed by atoms with E-state index in [0.29, 0.717) is 6.10 Å². The fraction of sp³-hybridized carbons (Fsp3) is 0.400. The maximum absolute atomic E-state index is 5.58. The number of hydrogen-bond donors (Lipinski definition) is 0. The topological polar surface area (TPSA) is 9.23 Å². The zero-order valence-electron chi connectivity index (χ0n) is 6.29. The maximum Gasteiger partial charge on any atom is 0.0897 e. The van der Waals surface area contributed by atoms with Crippen LogP contribution < -0.4 is 0 Å². The SMILES string of the molecule is c1ccc2c(c1)[C@H]1OCC[C@@H]21. The molecule has 1 heterocycles. The van der Waals surface area contributed by atoms with Gasteiger partial charge in [-0.3, -0.25) is 0 Å². The average molecular weight is 146 g/mol. The van der Waals surface area contributed by atoms with Crippen LogP contribution in [0.4, 0.5) is 0 Å². The van der Waals surface area contributed by atoms with Crippen LogP contribution in [0, 0.1) is 0 Å². The lowest BCUT2D eigenvalue weighted by Crippen LogP contribution is -2.19. The minimum absolute atomic E-state index is 0.450. The van der Waals surface area contributed by atoms with Crippen LogP contribution in [0.3, 0.4) is 0 Å². The molecule has 0 unspecified atom stereocenters. The Balaban J connectivity index is 2.13. The monoisotopic (exact) mass is 146 g/mol. The standard InChI is InChI=1S/C10H10O/c1-2-4-8-7(3-1)9-5-6-11-10(8)9/h1-4,9-10H,5-6H2/t9-,10+/m0/s1. The van der Waals surface area contributed by atoms with E-state index in [-0.39, 0.29) is 0 Å². The van der Waals surface area contributed by atoms with Crippen molar-refractivity contribution in [3.05, 3.63) is 35.4 Å². The third-order valence-electron chi connectivity index (χ3n) is 2.79. The molecule has 56 valence electrons. The van der Waals surface area contributed by atoms with E-state index in [2.05, 4.69) is 24.3 Å². The second-order valence-electron chi connectivity index (χ2n) is 3.32. The van der Waals surface area contributed by atoms with E-state index in [1.54, 1.807) is 0 Å². The van der Waals surface area contributed by atoms with Gasteiger partial charge >= 0.3 is 0 Å². The lowest BCUT2D eigenvalue weighted by atomic mass is 9.75. The summed E-state index contributed by atoms with van der Waals surface area (Å²) in [5.41, 5.74) is 2.95. The molecule has 1 aliphatic heterocycles. The van der Waals surface area contributed by atoms with E-state index >= 15 is 0 Å². The summed E-state index contributed by atoms with van der Waals surface area (Å²) >= 11 is 0. The molecule has 1 aromatic rings. The van der Waals surface area contributed by atoms with Crippen LogP contribution in [-0.2, 0) is 4.74 Å². The van der Waals surface area contributed by atoms with Gasteiger partial charge in [-0.25, -0.2) is 0 Å². The van der Waals surface area contributed by atoms with E-state index in [4.69, 9.17) is 4.74 Å². The van der Waals surface area contributed by atoms with Crippen LogP contribution in [0.5, 0.6) is 0 Å². The van der Waals surface area contributed by atoms with Crippen molar-refractivity contribution in [2.24, 2.45) is 0 Å². The van der Waals surface area contributed by atoms with Gasteiger partial charge in [0.15, 0.2) is 0 Å². The summed E-state index contributed by atoms with van der Waals surface area (Å²) in [6.07, 6.45) is 1.67. The lowest BCUT2D eigenvalue weighted by Gasteiger charge is -2.32. The molecule has 0 bridgehead atoms. The van der Waals surface area contributed by atoms with Crippen molar-refractivity contribution in [2.45, 2.75) is 18.4 Å². The summed E-state index contributed by atoms with van der Waals surface area (Å²) in [6.45, 7) is 0.948. The minimum Gasteiger partial charge on any atom is -0.373 e. The van der Waals surface area contributed by atoms with E-state index < -0.39 is 0 Å². The Kier molecular flexibility index (Phi) is 0.977. The van der Waals surface area contributed by atoms with E-state index in [0.717, 1.165) is 12.5 Å². The van der Waals surface area contributed by atoms with Crippen LogP contribution in [0.25, 0.3) is 0 Å². The van der Waals surface area contributed by atoms with Gasteiger partial charge in [0.25, 0.3) is 0 Å². The molecule has 0 aromatic heterocycles. The average Bonchev–Trinajstić information content (AvgIpc) is 2.44. The van der Waals surface area contributed by atoms with Crippen LogP contribution in [-0.4, -0.2) is 6.61 Å². The number of ether oxygens (including phenoxy) is 1. The van der Waals surface area contributed by atoms with Crippen LogP contribution in [0.15, 0.2) is 24.3 Å². The third-order valence-corrected chi connectivity index (χ3v) is 2.79. The molecule has 1 fully saturated rings. The summed E-state index contributed by atoms with van der Waals surface area (Å²) in [4.78, 5) is 0. The first-order valence-electron chi connectivity index (χ1n) is 4.17. The van der Waals surface area contributed by atoms with Gasteiger partial charge in [0.05, 0.1) is 6.10 Å². The molecule has 3 rings (SSSR count). The highest BCUT2D eigenvalue weighted by atomic mass is 16.5. The molecule has 2 atom stereocenters. The summed E-state index contributed by atoms with van der Waals surface area (Å²) < 4.78 is 5.58. The second kappa shape index (κ2) is 1.86. The van der Waals surface area contributed by atoms with Crippen LogP contribution >= 0.6 is 0 Å². The first-order valence-corrected chi connectivity index (χ1v) is 4.17. The molecule has 1 saturated heterocycles. The number of hydrogen-bond acceptors (Lipinski definition) is 1. The Hall–Kier alpha value is -0.820. The first kappa shape index (κ1) is 5.78. The van der Waals surface area contributed by atoms with E-state index in [1.165, 1.54) is 17.5 Å². The van der Waals surface area contributed by atoms with Crippen molar-refractivity contribution in [3.63, 3.8) is 0 Å². The highest BCUT2D eigenvalue weighted by Crippen LogP contribution is 2.52. The number of benzene rings is 1. The Labute approximate surface area is 66.0 Å². The Morgan fingerprint density at radius 1 is 1.18 bits per heavy atom. The van der Waals surface area contributed by atoms with Crippen molar-refractivity contribution < 1.29 is 4.74 Å². The third kappa shape index (κ3) is 0.596. The highest BCUT2D eigenvalue weighted by molar-refractivity contribution is 5.43. The van der Waals surface area contributed by atoms with Crippen molar-refractivity contribution in [3.8, 4) is 0 Å².